The predicted octanol–water partition coefficient (Wildman–Crippen LogP) is 2.77. The lowest BCUT2D eigenvalue weighted by molar-refractivity contribution is -0.150. The number of hydrogen-bond donors (Lipinski definition) is 1. The van der Waals surface area contributed by atoms with Crippen LogP contribution in [0.2, 0.25) is 0 Å². The molecule has 0 aliphatic carbocycles. The van der Waals surface area contributed by atoms with E-state index in [1.165, 1.54) is 0 Å². The Morgan fingerprint density at radius 2 is 2.16 bits per heavy atom. The van der Waals surface area contributed by atoms with E-state index in [0.29, 0.717) is 6.54 Å². The average Bonchev–Trinajstić information content (AvgIpc) is 2.37. The standard InChI is InChI=1S/C15H29NO3/c1-4-8-15(3,14(17)18)12-16-9-6-7-13(11-16)19-10-5-2/h13H,4-12H2,1-3H3,(H,17,18). The normalized spacial score (nSPS) is 24.1. The van der Waals surface area contributed by atoms with Crippen molar-refractivity contribution in [2.75, 3.05) is 26.2 Å². The van der Waals surface area contributed by atoms with Crippen LogP contribution in [0.1, 0.15) is 52.9 Å². The van der Waals surface area contributed by atoms with Crippen LogP contribution in [0.3, 0.4) is 0 Å². The van der Waals surface area contributed by atoms with Gasteiger partial charge in [0, 0.05) is 19.7 Å². The van der Waals surface area contributed by atoms with Crippen molar-refractivity contribution < 1.29 is 14.6 Å². The second-order valence-electron chi connectivity index (χ2n) is 5.99. The molecule has 1 rings (SSSR count). The quantitative estimate of drug-likeness (QED) is 0.737. The summed E-state index contributed by atoms with van der Waals surface area (Å²) in [6.07, 6.45) is 5.18. The van der Waals surface area contributed by atoms with Gasteiger partial charge in [-0.3, -0.25) is 9.69 Å². The summed E-state index contributed by atoms with van der Waals surface area (Å²) in [5, 5.41) is 9.44. The topological polar surface area (TPSA) is 49.8 Å². The molecule has 0 saturated carbocycles. The minimum absolute atomic E-state index is 0.286. The van der Waals surface area contributed by atoms with Crippen molar-refractivity contribution in [2.24, 2.45) is 5.41 Å². The Hall–Kier alpha value is -0.610. The highest BCUT2D eigenvalue weighted by molar-refractivity contribution is 5.74. The second kappa shape index (κ2) is 7.85. The minimum atomic E-state index is -0.675. The Labute approximate surface area is 117 Å². The van der Waals surface area contributed by atoms with Crippen molar-refractivity contribution in [3.8, 4) is 0 Å². The maximum absolute atomic E-state index is 11.5. The van der Waals surface area contributed by atoms with Crippen LogP contribution in [0.15, 0.2) is 0 Å². The largest absolute Gasteiger partial charge is 0.481 e. The molecule has 1 aliphatic rings. The molecule has 2 atom stereocenters. The molecule has 1 heterocycles. The van der Waals surface area contributed by atoms with Gasteiger partial charge in [0.2, 0.25) is 0 Å². The van der Waals surface area contributed by atoms with Gasteiger partial charge in [-0.1, -0.05) is 20.3 Å². The number of carboxylic acid groups (broad SMARTS) is 1. The van der Waals surface area contributed by atoms with Gasteiger partial charge in [-0.25, -0.2) is 0 Å². The lowest BCUT2D eigenvalue weighted by Gasteiger charge is -2.37. The van der Waals surface area contributed by atoms with Crippen LogP contribution in [0.25, 0.3) is 0 Å². The van der Waals surface area contributed by atoms with Gasteiger partial charge in [0.15, 0.2) is 0 Å². The molecule has 0 aromatic rings. The first kappa shape index (κ1) is 16.4. The number of ether oxygens (including phenoxy) is 1. The number of aliphatic carboxylic acids is 1. The third kappa shape index (κ3) is 5.11. The summed E-state index contributed by atoms with van der Waals surface area (Å²) in [4.78, 5) is 13.8. The molecule has 1 saturated heterocycles. The molecule has 0 bridgehead atoms. The Morgan fingerprint density at radius 3 is 2.74 bits per heavy atom. The van der Waals surface area contributed by atoms with E-state index in [1.54, 1.807) is 0 Å². The molecular weight excluding hydrogens is 242 g/mol. The fourth-order valence-corrected chi connectivity index (χ4v) is 2.88. The van der Waals surface area contributed by atoms with Crippen LogP contribution in [-0.4, -0.2) is 48.3 Å². The van der Waals surface area contributed by atoms with Gasteiger partial charge in [-0.2, -0.15) is 0 Å². The first-order chi connectivity index (χ1) is 9.01. The molecule has 0 radical (unpaired) electrons. The Morgan fingerprint density at radius 1 is 1.42 bits per heavy atom. The smallest absolute Gasteiger partial charge is 0.310 e. The number of likely N-dealkylation sites (tertiary alicyclic amines) is 1. The van der Waals surface area contributed by atoms with Crippen molar-refractivity contribution in [1.29, 1.82) is 0 Å². The summed E-state index contributed by atoms with van der Waals surface area (Å²) in [5.41, 5.74) is -0.624. The Bertz CT molecular complexity index is 283. The summed E-state index contributed by atoms with van der Waals surface area (Å²) < 4.78 is 5.81. The molecule has 19 heavy (non-hydrogen) atoms. The van der Waals surface area contributed by atoms with E-state index in [0.717, 1.165) is 51.8 Å². The lowest BCUT2D eigenvalue weighted by Crippen LogP contribution is -2.47. The monoisotopic (exact) mass is 271 g/mol. The number of nitrogens with zero attached hydrogens (tertiary/aromatic N) is 1. The number of piperidine rings is 1. The molecule has 0 aromatic carbocycles. The summed E-state index contributed by atoms with van der Waals surface area (Å²) in [7, 11) is 0. The van der Waals surface area contributed by atoms with Gasteiger partial charge >= 0.3 is 5.97 Å². The van der Waals surface area contributed by atoms with E-state index in [1.807, 2.05) is 13.8 Å². The summed E-state index contributed by atoms with van der Waals surface area (Å²) in [5.74, 6) is -0.675. The average molecular weight is 271 g/mol. The van der Waals surface area contributed by atoms with E-state index < -0.39 is 11.4 Å². The van der Waals surface area contributed by atoms with Crippen molar-refractivity contribution in [3.63, 3.8) is 0 Å². The van der Waals surface area contributed by atoms with Crippen molar-refractivity contribution in [1.82, 2.24) is 4.90 Å². The first-order valence-electron chi connectivity index (χ1n) is 7.59. The highest BCUT2D eigenvalue weighted by Crippen LogP contribution is 2.27. The first-order valence-corrected chi connectivity index (χ1v) is 7.59. The molecule has 0 spiro atoms. The van der Waals surface area contributed by atoms with Crippen molar-refractivity contribution in [2.45, 2.75) is 59.0 Å². The van der Waals surface area contributed by atoms with Crippen LogP contribution in [0.4, 0.5) is 0 Å². The maximum Gasteiger partial charge on any atom is 0.310 e. The predicted molar refractivity (Wildman–Crippen MR) is 76.4 cm³/mol. The number of hydrogen-bond acceptors (Lipinski definition) is 3. The molecule has 112 valence electrons. The van der Waals surface area contributed by atoms with E-state index in [9.17, 15) is 9.90 Å². The number of carbonyl (C=O) groups is 1. The maximum atomic E-state index is 11.5. The zero-order valence-electron chi connectivity index (χ0n) is 12.7. The summed E-state index contributed by atoms with van der Waals surface area (Å²) in [6, 6.07) is 0. The van der Waals surface area contributed by atoms with Crippen LogP contribution in [0, 0.1) is 5.41 Å². The molecule has 0 aromatic heterocycles. The van der Waals surface area contributed by atoms with Gasteiger partial charge in [0.25, 0.3) is 0 Å². The Balaban J connectivity index is 2.52. The van der Waals surface area contributed by atoms with Crippen molar-refractivity contribution in [3.05, 3.63) is 0 Å². The fourth-order valence-electron chi connectivity index (χ4n) is 2.88. The molecule has 2 unspecified atom stereocenters. The third-order valence-electron chi connectivity index (χ3n) is 3.91. The van der Waals surface area contributed by atoms with Crippen LogP contribution in [-0.2, 0) is 9.53 Å². The highest BCUT2D eigenvalue weighted by Gasteiger charge is 2.35. The van der Waals surface area contributed by atoms with Gasteiger partial charge in [0.05, 0.1) is 11.5 Å². The molecule has 1 fully saturated rings. The molecule has 1 aliphatic heterocycles. The highest BCUT2D eigenvalue weighted by atomic mass is 16.5. The zero-order chi connectivity index (χ0) is 14.3. The molecule has 0 amide bonds. The molecule has 4 heteroatoms. The van der Waals surface area contributed by atoms with Crippen molar-refractivity contribution >= 4 is 5.97 Å². The third-order valence-corrected chi connectivity index (χ3v) is 3.91. The van der Waals surface area contributed by atoms with Crippen LogP contribution < -0.4 is 0 Å². The zero-order valence-corrected chi connectivity index (χ0v) is 12.7. The second-order valence-corrected chi connectivity index (χ2v) is 5.99. The molecular formula is C15H29NO3. The van der Waals surface area contributed by atoms with Gasteiger partial charge < -0.3 is 9.84 Å². The fraction of sp³-hybridized carbons (Fsp3) is 0.933. The number of rotatable bonds is 8. The number of carboxylic acids is 1. The van der Waals surface area contributed by atoms with Gasteiger partial charge in [-0.15, -0.1) is 0 Å². The molecule has 4 nitrogen and oxygen atoms in total. The van der Waals surface area contributed by atoms with Gasteiger partial charge in [0.1, 0.15) is 0 Å². The van der Waals surface area contributed by atoms with Crippen LogP contribution in [0.5, 0.6) is 0 Å². The van der Waals surface area contributed by atoms with E-state index >= 15 is 0 Å². The summed E-state index contributed by atoms with van der Waals surface area (Å²) >= 11 is 0. The minimum Gasteiger partial charge on any atom is -0.481 e. The van der Waals surface area contributed by atoms with Crippen LogP contribution >= 0.6 is 0 Å². The van der Waals surface area contributed by atoms with E-state index in [4.69, 9.17) is 4.74 Å². The SMILES string of the molecule is CCCOC1CCCN(CC(C)(CCC)C(=O)O)C1. The Kier molecular flexibility index (Phi) is 6.80. The van der Waals surface area contributed by atoms with Gasteiger partial charge in [-0.05, 0) is 39.2 Å². The van der Waals surface area contributed by atoms with E-state index in [2.05, 4.69) is 11.8 Å². The lowest BCUT2D eigenvalue weighted by atomic mass is 9.84. The molecule has 1 N–H and O–H groups in total. The van der Waals surface area contributed by atoms with E-state index in [-0.39, 0.29) is 6.10 Å². The summed E-state index contributed by atoms with van der Waals surface area (Å²) in [6.45, 7) is 9.36.